The minimum atomic E-state index is -0.653. The van der Waals surface area contributed by atoms with Gasteiger partial charge in [-0.05, 0) is 25.3 Å². The second-order valence-corrected chi connectivity index (χ2v) is 3.46. The van der Waals surface area contributed by atoms with Gasteiger partial charge in [-0.15, -0.1) is 0 Å². The number of nitrogens with zero attached hydrogens (tertiary/aromatic N) is 1. The smallest absolute Gasteiger partial charge is 0.323 e. The maximum absolute atomic E-state index is 11.4. The van der Waals surface area contributed by atoms with Crippen LogP contribution in [0.1, 0.15) is 18.9 Å². The van der Waals surface area contributed by atoms with E-state index in [1.54, 1.807) is 6.92 Å². The molecule has 1 aromatic carbocycles. The van der Waals surface area contributed by atoms with Gasteiger partial charge in [-0.25, -0.2) is 0 Å². The normalized spacial score (nSPS) is 11.5. The lowest BCUT2D eigenvalue weighted by atomic mass is 10.0. The fourth-order valence-electron chi connectivity index (χ4n) is 1.43. The van der Waals surface area contributed by atoms with Gasteiger partial charge in [0.1, 0.15) is 5.92 Å². The molecular weight excluding hydrogens is 202 g/mol. The third kappa shape index (κ3) is 3.74. The molecule has 0 fully saturated rings. The average molecular weight is 217 g/mol. The van der Waals surface area contributed by atoms with Crippen LogP contribution in [0.3, 0.4) is 0 Å². The Kier molecular flexibility index (Phi) is 5.07. The summed E-state index contributed by atoms with van der Waals surface area (Å²) >= 11 is 0. The molecule has 1 rings (SSSR count). The molecule has 1 unspecified atom stereocenters. The van der Waals surface area contributed by atoms with Gasteiger partial charge in [0.05, 0.1) is 12.7 Å². The van der Waals surface area contributed by atoms with Gasteiger partial charge < -0.3 is 4.74 Å². The van der Waals surface area contributed by atoms with Crippen molar-refractivity contribution in [1.82, 2.24) is 0 Å². The summed E-state index contributed by atoms with van der Waals surface area (Å²) in [7, 11) is 0. The zero-order valence-electron chi connectivity index (χ0n) is 9.35. The van der Waals surface area contributed by atoms with E-state index in [4.69, 9.17) is 10.00 Å². The Hall–Kier alpha value is -1.82. The molecule has 0 bridgehead atoms. The SMILES string of the molecule is CCOC(=O)C(C#N)CCc1ccccc1. The molecule has 16 heavy (non-hydrogen) atoms. The van der Waals surface area contributed by atoms with Crippen molar-refractivity contribution >= 4 is 5.97 Å². The number of carbonyl (C=O) groups excluding carboxylic acids is 1. The van der Waals surface area contributed by atoms with Crippen LogP contribution < -0.4 is 0 Å². The molecule has 3 heteroatoms. The largest absolute Gasteiger partial charge is 0.465 e. The van der Waals surface area contributed by atoms with Crippen molar-refractivity contribution < 1.29 is 9.53 Å². The van der Waals surface area contributed by atoms with Gasteiger partial charge in [-0.3, -0.25) is 4.79 Å². The van der Waals surface area contributed by atoms with Gasteiger partial charge in [0.2, 0.25) is 0 Å². The predicted octanol–water partition coefficient (Wildman–Crippen LogP) is 2.32. The summed E-state index contributed by atoms with van der Waals surface area (Å²) < 4.78 is 4.82. The molecule has 0 heterocycles. The quantitative estimate of drug-likeness (QED) is 0.711. The first-order valence-electron chi connectivity index (χ1n) is 5.38. The standard InChI is InChI=1S/C13H15NO2/c1-2-16-13(15)12(10-14)9-8-11-6-4-3-5-7-11/h3-7,12H,2,8-9H2,1H3. The van der Waals surface area contributed by atoms with Gasteiger partial charge in [0, 0.05) is 0 Å². The molecule has 3 nitrogen and oxygen atoms in total. The van der Waals surface area contributed by atoms with Gasteiger partial charge >= 0.3 is 5.97 Å². The number of ether oxygens (including phenoxy) is 1. The van der Waals surface area contributed by atoms with Crippen molar-refractivity contribution in [3.05, 3.63) is 35.9 Å². The van der Waals surface area contributed by atoms with Crippen LogP contribution in [0, 0.1) is 17.2 Å². The number of carbonyl (C=O) groups is 1. The van der Waals surface area contributed by atoms with Crippen LogP contribution in [0.4, 0.5) is 0 Å². The maximum atomic E-state index is 11.4. The van der Waals surface area contributed by atoms with Crippen molar-refractivity contribution in [2.45, 2.75) is 19.8 Å². The highest BCUT2D eigenvalue weighted by atomic mass is 16.5. The van der Waals surface area contributed by atoms with E-state index in [0.717, 1.165) is 12.0 Å². The van der Waals surface area contributed by atoms with E-state index in [-0.39, 0.29) is 0 Å². The maximum Gasteiger partial charge on any atom is 0.323 e. The molecule has 0 aromatic heterocycles. The Labute approximate surface area is 95.7 Å². The summed E-state index contributed by atoms with van der Waals surface area (Å²) in [6.45, 7) is 2.06. The summed E-state index contributed by atoms with van der Waals surface area (Å²) in [5.74, 6) is -1.07. The van der Waals surface area contributed by atoms with E-state index in [1.807, 2.05) is 36.4 Å². The molecule has 0 aliphatic heterocycles. The third-order valence-electron chi connectivity index (χ3n) is 2.29. The molecule has 1 atom stereocenters. The van der Waals surface area contributed by atoms with Crippen molar-refractivity contribution in [2.24, 2.45) is 5.92 Å². The lowest BCUT2D eigenvalue weighted by molar-refractivity contribution is -0.146. The Morgan fingerprint density at radius 2 is 2.12 bits per heavy atom. The molecule has 0 N–H and O–H groups in total. The number of nitriles is 1. The molecule has 0 aliphatic carbocycles. The van der Waals surface area contributed by atoms with Gasteiger partial charge in [0.15, 0.2) is 0 Å². The second-order valence-electron chi connectivity index (χ2n) is 3.46. The number of benzene rings is 1. The van der Waals surface area contributed by atoms with Crippen molar-refractivity contribution in [2.75, 3.05) is 6.61 Å². The van der Waals surface area contributed by atoms with E-state index in [0.29, 0.717) is 13.0 Å². The summed E-state index contributed by atoms with van der Waals surface area (Å²) in [5.41, 5.74) is 1.13. The molecule has 1 aromatic rings. The molecule has 0 saturated carbocycles. The second kappa shape index (κ2) is 6.62. The summed E-state index contributed by atoms with van der Waals surface area (Å²) in [6, 6.07) is 11.8. The number of rotatable bonds is 5. The van der Waals surface area contributed by atoms with Crippen molar-refractivity contribution in [1.29, 1.82) is 5.26 Å². The number of hydrogen-bond acceptors (Lipinski definition) is 3. The van der Waals surface area contributed by atoms with Crippen LogP contribution in [0.25, 0.3) is 0 Å². The molecule has 0 spiro atoms. The summed E-state index contributed by atoms with van der Waals surface area (Å²) in [4.78, 5) is 11.4. The Bertz CT molecular complexity index is 367. The lowest BCUT2D eigenvalue weighted by Crippen LogP contribution is -2.16. The topological polar surface area (TPSA) is 50.1 Å². The molecular formula is C13H15NO2. The van der Waals surface area contributed by atoms with Crippen LogP contribution in [-0.2, 0) is 16.0 Å². The predicted molar refractivity (Wildman–Crippen MR) is 60.5 cm³/mol. The average Bonchev–Trinajstić information content (AvgIpc) is 2.31. The highest BCUT2D eigenvalue weighted by Crippen LogP contribution is 2.10. The number of esters is 1. The third-order valence-corrected chi connectivity index (χ3v) is 2.29. The first-order chi connectivity index (χ1) is 7.77. The Balaban J connectivity index is 2.47. The van der Waals surface area contributed by atoms with E-state index < -0.39 is 11.9 Å². The fourth-order valence-corrected chi connectivity index (χ4v) is 1.43. The first-order valence-corrected chi connectivity index (χ1v) is 5.38. The zero-order valence-corrected chi connectivity index (χ0v) is 9.35. The molecule has 0 saturated heterocycles. The monoisotopic (exact) mass is 217 g/mol. The van der Waals surface area contributed by atoms with Gasteiger partial charge in [-0.1, -0.05) is 30.3 Å². The van der Waals surface area contributed by atoms with Crippen LogP contribution in [-0.4, -0.2) is 12.6 Å². The van der Waals surface area contributed by atoms with Gasteiger partial charge in [0.25, 0.3) is 0 Å². The highest BCUT2D eigenvalue weighted by molar-refractivity contribution is 5.75. The van der Waals surface area contributed by atoms with Crippen molar-refractivity contribution in [3.8, 4) is 6.07 Å². The van der Waals surface area contributed by atoms with E-state index in [1.165, 1.54) is 0 Å². The minimum absolute atomic E-state index is 0.322. The Morgan fingerprint density at radius 3 is 2.69 bits per heavy atom. The number of aryl methyl sites for hydroxylation is 1. The Morgan fingerprint density at radius 1 is 1.44 bits per heavy atom. The van der Waals surface area contributed by atoms with Crippen molar-refractivity contribution in [3.63, 3.8) is 0 Å². The van der Waals surface area contributed by atoms with E-state index in [9.17, 15) is 4.79 Å². The summed E-state index contributed by atoms with van der Waals surface area (Å²) in [5, 5.41) is 8.85. The minimum Gasteiger partial charge on any atom is -0.465 e. The van der Waals surface area contributed by atoms with Crippen LogP contribution >= 0.6 is 0 Å². The fraction of sp³-hybridized carbons (Fsp3) is 0.385. The zero-order chi connectivity index (χ0) is 11.8. The van der Waals surface area contributed by atoms with Crippen LogP contribution in [0.5, 0.6) is 0 Å². The highest BCUT2D eigenvalue weighted by Gasteiger charge is 2.18. The van der Waals surface area contributed by atoms with E-state index >= 15 is 0 Å². The van der Waals surface area contributed by atoms with Crippen LogP contribution in [0.2, 0.25) is 0 Å². The first kappa shape index (κ1) is 12.3. The number of hydrogen-bond donors (Lipinski definition) is 0. The summed E-state index contributed by atoms with van der Waals surface area (Å²) in [6.07, 6.45) is 1.23. The van der Waals surface area contributed by atoms with Crippen LogP contribution in [0.15, 0.2) is 30.3 Å². The lowest BCUT2D eigenvalue weighted by Gasteiger charge is -2.07. The molecule has 0 radical (unpaired) electrons. The molecule has 0 amide bonds. The molecule has 84 valence electrons. The molecule has 0 aliphatic rings. The van der Waals surface area contributed by atoms with E-state index in [2.05, 4.69) is 0 Å². The van der Waals surface area contributed by atoms with Gasteiger partial charge in [-0.2, -0.15) is 5.26 Å².